The smallest absolute Gasteiger partial charge is 0.409 e. The summed E-state index contributed by atoms with van der Waals surface area (Å²) in [5.74, 6) is 0. The fraction of sp³-hybridized carbons (Fsp3) is 0.875. The first-order valence-electron chi connectivity index (χ1n) is 4.32. The molecule has 12 heavy (non-hydrogen) atoms. The fourth-order valence-corrected chi connectivity index (χ4v) is 1.46. The highest BCUT2D eigenvalue weighted by Gasteiger charge is 2.16. The monoisotopic (exact) mass is 235 g/mol. The van der Waals surface area contributed by atoms with Crippen molar-refractivity contribution >= 4 is 22.0 Å². The summed E-state index contributed by atoms with van der Waals surface area (Å²) >= 11 is 3.21. The molecule has 0 aromatic heterocycles. The predicted molar refractivity (Wildman–Crippen MR) is 50.6 cm³/mol. The molecule has 1 saturated heterocycles. The minimum absolute atomic E-state index is 0.158. The first kappa shape index (κ1) is 9.84. The number of alkyl halides is 1. The number of likely N-dealkylation sites (tertiary alicyclic amines) is 1. The summed E-state index contributed by atoms with van der Waals surface area (Å²) in [6, 6.07) is 0. The van der Waals surface area contributed by atoms with Gasteiger partial charge in [-0.3, -0.25) is 0 Å². The highest BCUT2D eigenvalue weighted by Crippen LogP contribution is 2.09. The number of carbonyl (C=O) groups excluding carboxylic acids is 1. The normalized spacial score (nSPS) is 17.6. The van der Waals surface area contributed by atoms with Gasteiger partial charge < -0.3 is 9.64 Å². The van der Waals surface area contributed by atoms with E-state index in [1.165, 1.54) is 6.42 Å². The predicted octanol–water partition coefficient (Wildman–Crippen LogP) is 2.00. The van der Waals surface area contributed by atoms with Crippen molar-refractivity contribution in [2.45, 2.75) is 19.3 Å². The van der Waals surface area contributed by atoms with Crippen LogP contribution < -0.4 is 0 Å². The molecule has 0 unspecified atom stereocenters. The summed E-state index contributed by atoms with van der Waals surface area (Å²) in [6.45, 7) is 2.19. The second-order valence-electron chi connectivity index (χ2n) is 2.85. The van der Waals surface area contributed by atoms with Crippen LogP contribution in [0.5, 0.6) is 0 Å². The van der Waals surface area contributed by atoms with Gasteiger partial charge in [-0.15, -0.1) is 0 Å². The van der Waals surface area contributed by atoms with Gasteiger partial charge in [0.05, 0.1) is 0 Å². The molecule has 0 bridgehead atoms. The summed E-state index contributed by atoms with van der Waals surface area (Å²) in [7, 11) is 0. The maximum absolute atomic E-state index is 11.2. The molecule has 0 N–H and O–H groups in total. The molecule has 1 amide bonds. The number of rotatable bonds is 2. The Kier molecular flexibility index (Phi) is 4.43. The van der Waals surface area contributed by atoms with Crippen molar-refractivity contribution in [1.29, 1.82) is 0 Å². The topological polar surface area (TPSA) is 29.5 Å². The van der Waals surface area contributed by atoms with Crippen LogP contribution in [0.4, 0.5) is 4.79 Å². The van der Waals surface area contributed by atoms with Gasteiger partial charge in [-0.2, -0.15) is 0 Å². The third-order valence-corrected chi connectivity index (χ3v) is 2.24. The standard InChI is InChI=1S/C8H14BrNO2/c9-4-7-12-8(11)10-5-2-1-3-6-10/h1-7H2. The van der Waals surface area contributed by atoms with Crippen LogP contribution in [0.3, 0.4) is 0 Å². The van der Waals surface area contributed by atoms with Crippen LogP contribution in [0, 0.1) is 0 Å². The van der Waals surface area contributed by atoms with E-state index >= 15 is 0 Å². The maximum atomic E-state index is 11.2. The molecule has 0 radical (unpaired) electrons. The van der Waals surface area contributed by atoms with Crippen LogP contribution in [0.15, 0.2) is 0 Å². The Balaban J connectivity index is 2.20. The molecule has 1 rings (SSSR count). The summed E-state index contributed by atoms with van der Waals surface area (Å²) in [5, 5.41) is 0.715. The van der Waals surface area contributed by atoms with Gasteiger partial charge in [-0.25, -0.2) is 4.79 Å². The second kappa shape index (κ2) is 5.41. The van der Waals surface area contributed by atoms with E-state index in [2.05, 4.69) is 15.9 Å². The van der Waals surface area contributed by atoms with Gasteiger partial charge in [-0.05, 0) is 19.3 Å². The third-order valence-electron chi connectivity index (χ3n) is 1.92. The van der Waals surface area contributed by atoms with Crippen molar-refractivity contribution in [1.82, 2.24) is 4.90 Å². The Morgan fingerprint density at radius 1 is 1.33 bits per heavy atom. The Hall–Kier alpha value is -0.250. The molecule has 3 nitrogen and oxygen atoms in total. The molecular weight excluding hydrogens is 222 g/mol. The molecule has 0 atom stereocenters. The van der Waals surface area contributed by atoms with Gasteiger partial charge in [-0.1, -0.05) is 15.9 Å². The van der Waals surface area contributed by atoms with Crippen molar-refractivity contribution in [2.24, 2.45) is 0 Å². The van der Waals surface area contributed by atoms with E-state index in [0.717, 1.165) is 25.9 Å². The number of hydrogen-bond donors (Lipinski definition) is 0. The minimum atomic E-state index is -0.158. The molecule has 0 aromatic rings. The number of nitrogens with zero attached hydrogens (tertiary/aromatic N) is 1. The van der Waals surface area contributed by atoms with Gasteiger partial charge >= 0.3 is 6.09 Å². The first-order chi connectivity index (χ1) is 5.84. The number of hydrogen-bond acceptors (Lipinski definition) is 2. The van der Waals surface area contributed by atoms with Gasteiger partial charge in [0.1, 0.15) is 6.61 Å². The zero-order valence-electron chi connectivity index (χ0n) is 7.09. The van der Waals surface area contributed by atoms with Crippen LogP contribution in [-0.2, 0) is 4.74 Å². The summed E-state index contributed by atoms with van der Waals surface area (Å²) < 4.78 is 4.97. The van der Waals surface area contributed by atoms with Crippen molar-refractivity contribution < 1.29 is 9.53 Å². The van der Waals surface area contributed by atoms with E-state index in [0.29, 0.717) is 11.9 Å². The van der Waals surface area contributed by atoms with E-state index < -0.39 is 0 Å². The van der Waals surface area contributed by atoms with Gasteiger partial charge in [0, 0.05) is 18.4 Å². The summed E-state index contributed by atoms with van der Waals surface area (Å²) in [6.07, 6.45) is 3.31. The van der Waals surface area contributed by atoms with Crippen LogP contribution >= 0.6 is 15.9 Å². The van der Waals surface area contributed by atoms with Crippen LogP contribution in [0.2, 0.25) is 0 Å². The molecule has 0 saturated carbocycles. The lowest BCUT2D eigenvalue weighted by Gasteiger charge is -2.25. The molecule has 1 aliphatic rings. The molecule has 4 heteroatoms. The van der Waals surface area contributed by atoms with E-state index in [1.54, 1.807) is 4.90 Å². The Bertz CT molecular complexity index is 146. The summed E-state index contributed by atoms with van der Waals surface area (Å²) in [4.78, 5) is 13.0. The van der Waals surface area contributed by atoms with Crippen LogP contribution in [0.25, 0.3) is 0 Å². The van der Waals surface area contributed by atoms with E-state index in [4.69, 9.17) is 4.74 Å². The zero-order chi connectivity index (χ0) is 8.81. The highest BCUT2D eigenvalue weighted by atomic mass is 79.9. The largest absolute Gasteiger partial charge is 0.449 e. The molecule has 1 heterocycles. The van der Waals surface area contributed by atoms with E-state index in [1.807, 2.05) is 0 Å². The number of carbonyl (C=O) groups is 1. The Labute approximate surface area is 81.2 Å². The van der Waals surface area contributed by atoms with Crippen molar-refractivity contribution in [3.05, 3.63) is 0 Å². The Morgan fingerprint density at radius 3 is 2.58 bits per heavy atom. The average Bonchev–Trinajstić information content (AvgIpc) is 2.15. The average molecular weight is 236 g/mol. The molecule has 70 valence electrons. The third kappa shape index (κ3) is 3.01. The van der Waals surface area contributed by atoms with E-state index in [-0.39, 0.29) is 6.09 Å². The van der Waals surface area contributed by atoms with Crippen molar-refractivity contribution in [2.75, 3.05) is 25.0 Å². The van der Waals surface area contributed by atoms with Gasteiger partial charge in [0.25, 0.3) is 0 Å². The van der Waals surface area contributed by atoms with Crippen molar-refractivity contribution in [3.63, 3.8) is 0 Å². The SMILES string of the molecule is O=C(OCCBr)N1CCCCC1. The first-order valence-corrected chi connectivity index (χ1v) is 5.44. The number of ether oxygens (including phenoxy) is 1. The molecule has 0 spiro atoms. The lowest BCUT2D eigenvalue weighted by molar-refractivity contribution is 0.101. The number of halogens is 1. The number of piperidine rings is 1. The summed E-state index contributed by atoms with van der Waals surface area (Å²) in [5.41, 5.74) is 0. The van der Waals surface area contributed by atoms with Crippen LogP contribution in [0.1, 0.15) is 19.3 Å². The Morgan fingerprint density at radius 2 is 2.00 bits per heavy atom. The maximum Gasteiger partial charge on any atom is 0.409 e. The lowest BCUT2D eigenvalue weighted by Crippen LogP contribution is -2.36. The second-order valence-corrected chi connectivity index (χ2v) is 3.64. The van der Waals surface area contributed by atoms with Gasteiger partial charge in [0.15, 0.2) is 0 Å². The van der Waals surface area contributed by atoms with Crippen LogP contribution in [-0.4, -0.2) is 36.0 Å². The number of amides is 1. The molecular formula is C8H14BrNO2. The highest BCUT2D eigenvalue weighted by molar-refractivity contribution is 9.09. The molecule has 0 aliphatic carbocycles. The van der Waals surface area contributed by atoms with Crippen molar-refractivity contribution in [3.8, 4) is 0 Å². The minimum Gasteiger partial charge on any atom is -0.449 e. The zero-order valence-corrected chi connectivity index (χ0v) is 8.68. The van der Waals surface area contributed by atoms with Gasteiger partial charge in [0.2, 0.25) is 0 Å². The molecule has 0 aromatic carbocycles. The quantitative estimate of drug-likeness (QED) is 0.686. The van der Waals surface area contributed by atoms with E-state index in [9.17, 15) is 4.79 Å². The molecule has 1 aliphatic heterocycles. The lowest BCUT2D eigenvalue weighted by atomic mass is 10.1. The fourth-order valence-electron chi connectivity index (χ4n) is 1.29. The molecule has 1 fully saturated rings.